The van der Waals surface area contributed by atoms with Gasteiger partial charge in [0.05, 0.1) is 44.7 Å². The molecule has 0 aliphatic carbocycles. The van der Waals surface area contributed by atoms with Gasteiger partial charge >= 0.3 is 5.97 Å². The minimum atomic E-state index is -1.30. The van der Waals surface area contributed by atoms with Crippen LogP contribution in [0.3, 0.4) is 0 Å². The number of aryl methyl sites for hydroxylation is 1. The molecule has 3 N–H and O–H groups in total. The number of fused-ring (bicyclic) bond motifs is 9. The maximum absolute atomic E-state index is 14.7. The zero-order valence-corrected chi connectivity index (χ0v) is 31.3. The number of methoxy groups -OCH3 is 3. The van der Waals surface area contributed by atoms with Gasteiger partial charge in [-0.3, -0.25) is 15.1 Å². The largest absolute Gasteiger partial charge is 0.507 e. The van der Waals surface area contributed by atoms with Gasteiger partial charge in [-0.25, -0.2) is 4.79 Å². The molecule has 10 rings (SSSR count). The molecule has 4 bridgehead atoms. The van der Waals surface area contributed by atoms with E-state index in [1.807, 2.05) is 13.8 Å². The first-order chi connectivity index (χ1) is 25.6. The Morgan fingerprint density at radius 3 is 2.51 bits per heavy atom. The van der Waals surface area contributed by atoms with Crippen LogP contribution in [-0.4, -0.2) is 98.2 Å². The molecule has 1 spiro atoms. The zero-order valence-electron chi connectivity index (χ0n) is 30.4. The molecule has 0 amide bonds. The second-order valence-corrected chi connectivity index (χ2v) is 15.8. The summed E-state index contributed by atoms with van der Waals surface area (Å²) in [7, 11) is 6.84. The zero-order chi connectivity index (χ0) is 37.1. The molecule has 3 aromatic carbocycles. The highest BCUT2D eigenvalue weighted by atomic mass is 32.2. The van der Waals surface area contributed by atoms with Crippen molar-refractivity contribution >= 4 is 17.7 Å². The highest BCUT2D eigenvalue weighted by molar-refractivity contribution is 7.99. The molecule has 14 heteroatoms. The minimum absolute atomic E-state index is 0.00204. The smallest absolute Gasteiger partial charge is 0.331 e. The van der Waals surface area contributed by atoms with Gasteiger partial charge in [-0.15, -0.1) is 11.8 Å². The lowest BCUT2D eigenvalue weighted by Gasteiger charge is -2.62. The van der Waals surface area contributed by atoms with Gasteiger partial charge in [0.2, 0.25) is 6.79 Å². The number of nitrogens with one attached hydrogen (secondary N) is 1. The van der Waals surface area contributed by atoms with Gasteiger partial charge in [0.1, 0.15) is 18.4 Å². The molecule has 7 heterocycles. The molecule has 7 aliphatic heterocycles. The first kappa shape index (κ1) is 34.2. The highest BCUT2D eigenvalue weighted by Crippen LogP contribution is 2.64. The normalized spacial score (nSPS) is 29.6. The molecule has 13 nitrogen and oxygen atoms in total. The summed E-state index contributed by atoms with van der Waals surface area (Å²) < 4.78 is 36.2. The monoisotopic (exact) mass is 742 g/mol. The van der Waals surface area contributed by atoms with Crippen molar-refractivity contribution in [2.75, 3.05) is 54.1 Å². The fourth-order valence-electron chi connectivity index (χ4n) is 10.1. The molecule has 0 saturated carbocycles. The number of ether oxygens (including phenoxy) is 6. The highest BCUT2D eigenvalue weighted by Gasteiger charge is 2.61. The molecule has 2 fully saturated rings. The number of rotatable bonds is 3. The summed E-state index contributed by atoms with van der Waals surface area (Å²) in [6.07, 6.45) is 1.19. The maximum atomic E-state index is 14.7. The second-order valence-electron chi connectivity index (χ2n) is 14.7. The van der Waals surface area contributed by atoms with Gasteiger partial charge in [0.25, 0.3) is 0 Å². The molecule has 7 atom stereocenters. The number of thioether (sulfide) groups is 1. The number of nitriles is 1. The first-order valence-electron chi connectivity index (χ1n) is 17.8. The van der Waals surface area contributed by atoms with Crippen LogP contribution in [0.4, 0.5) is 0 Å². The van der Waals surface area contributed by atoms with Crippen LogP contribution in [0.25, 0.3) is 0 Å². The van der Waals surface area contributed by atoms with E-state index >= 15 is 0 Å². The summed E-state index contributed by atoms with van der Waals surface area (Å²) in [5.74, 6) is 2.36. The van der Waals surface area contributed by atoms with Crippen LogP contribution in [0.5, 0.6) is 40.2 Å². The van der Waals surface area contributed by atoms with Crippen LogP contribution in [0, 0.1) is 25.2 Å². The van der Waals surface area contributed by atoms with Crippen LogP contribution >= 0.6 is 11.8 Å². The van der Waals surface area contributed by atoms with Crippen molar-refractivity contribution in [2.24, 2.45) is 0 Å². The predicted octanol–water partition coefficient (Wildman–Crippen LogP) is 4.07. The average Bonchev–Trinajstić information content (AvgIpc) is 3.64. The number of piperazine rings is 1. The van der Waals surface area contributed by atoms with E-state index in [1.54, 1.807) is 26.4 Å². The lowest BCUT2D eigenvalue weighted by molar-refractivity contribution is -0.157. The predicted molar refractivity (Wildman–Crippen MR) is 193 cm³/mol. The van der Waals surface area contributed by atoms with Gasteiger partial charge in [-0.2, -0.15) is 5.26 Å². The molecule has 53 heavy (non-hydrogen) atoms. The number of benzene rings is 3. The third-order valence-corrected chi connectivity index (χ3v) is 13.9. The fraction of sp³-hybridized carbons (Fsp3) is 0.487. The molecule has 278 valence electrons. The number of phenolic OH excluding ortho intramolecular Hbond substituents is 2. The van der Waals surface area contributed by atoms with Crippen molar-refractivity contribution in [3.05, 3.63) is 62.7 Å². The van der Waals surface area contributed by atoms with Gasteiger partial charge in [0.15, 0.2) is 40.0 Å². The van der Waals surface area contributed by atoms with E-state index in [-0.39, 0.29) is 48.5 Å². The molecule has 0 aromatic heterocycles. The minimum Gasteiger partial charge on any atom is -0.507 e. The van der Waals surface area contributed by atoms with E-state index in [4.69, 9.17) is 28.4 Å². The lowest BCUT2D eigenvalue weighted by Crippen LogP contribution is -2.69. The Kier molecular flexibility index (Phi) is 7.91. The fourth-order valence-corrected chi connectivity index (χ4v) is 11.8. The summed E-state index contributed by atoms with van der Waals surface area (Å²) in [6, 6.07) is 5.99. The molecule has 2 saturated heterocycles. The number of carbonyl (C=O) groups is 1. The summed E-state index contributed by atoms with van der Waals surface area (Å²) in [5.41, 5.74) is 5.15. The van der Waals surface area contributed by atoms with E-state index in [0.29, 0.717) is 64.6 Å². The van der Waals surface area contributed by atoms with Crippen LogP contribution in [0.2, 0.25) is 0 Å². The average molecular weight is 743 g/mol. The Morgan fingerprint density at radius 2 is 1.77 bits per heavy atom. The second kappa shape index (κ2) is 12.2. The first-order valence-corrected chi connectivity index (χ1v) is 18.9. The van der Waals surface area contributed by atoms with E-state index in [1.165, 1.54) is 18.9 Å². The standard InChI is InChI=1S/C39H42N4O9S/c1-17-9-20-10-22-23(13-40)43-24-14-50-38(46)39(21-12-26(47-4)25(44)11-19(21)7-8-41-39)15-53-37(29-28(24)36-34(51-16-52-36)18(2)32(29)45)31(43)30(42(22)3)27(20)35(49-6)33(17)48-5/h9,11-12,22-24,30-31,37,41,44-45H,7-8,10,14-16H2,1-6H3/t22-,23-,24-,30+,31?,37+,39+/m0/s1. The number of aromatic hydroxyl groups is 2. The van der Waals surface area contributed by atoms with Crippen molar-refractivity contribution < 1.29 is 43.4 Å². The lowest BCUT2D eigenvalue weighted by atomic mass is 9.71. The molecule has 7 aliphatic rings. The number of hydrogen-bond donors (Lipinski definition) is 3. The number of hydrogen-bond acceptors (Lipinski definition) is 14. The number of phenols is 2. The van der Waals surface area contributed by atoms with Crippen LogP contribution < -0.4 is 29.0 Å². The molecular weight excluding hydrogens is 701 g/mol. The summed E-state index contributed by atoms with van der Waals surface area (Å²) in [4.78, 5) is 19.2. The van der Waals surface area contributed by atoms with Crippen molar-refractivity contribution in [2.45, 2.75) is 67.7 Å². The molecule has 1 unspecified atom stereocenters. The quantitative estimate of drug-likeness (QED) is 0.330. The third-order valence-electron chi connectivity index (χ3n) is 12.4. The van der Waals surface area contributed by atoms with Crippen LogP contribution in [0.1, 0.15) is 61.8 Å². The Bertz CT molecular complexity index is 2120. The number of esters is 1. The number of nitrogens with zero attached hydrogens (tertiary/aromatic N) is 3. The Labute approximate surface area is 311 Å². The van der Waals surface area contributed by atoms with Crippen LogP contribution in [-0.2, 0) is 27.9 Å². The Balaban J connectivity index is 1.31. The van der Waals surface area contributed by atoms with Crippen molar-refractivity contribution in [3.63, 3.8) is 0 Å². The SMILES string of the molecule is COc1cc2c(cc1O)CCN[C@]21CS[C@@H]2c3c(O)c(C)c4c(c3[C@H](COC1=O)N1C2[C@H]2c3c(cc(C)c(OC)c3OC)C[C@@H]([C@@H]1C#N)N2C)OCO4. The van der Waals surface area contributed by atoms with Gasteiger partial charge in [-0.05, 0) is 68.1 Å². The van der Waals surface area contributed by atoms with E-state index in [9.17, 15) is 20.3 Å². The van der Waals surface area contributed by atoms with Crippen molar-refractivity contribution in [1.82, 2.24) is 15.1 Å². The third kappa shape index (κ3) is 4.51. The molecule has 3 aromatic rings. The van der Waals surface area contributed by atoms with Gasteiger partial charge in [0, 0.05) is 46.6 Å². The van der Waals surface area contributed by atoms with E-state index in [0.717, 1.165) is 22.3 Å². The van der Waals surface area contributed by atoms with Gasteiger partial charge < -0.3 is 38.6 Å². The number of carbonyl (C=O) groups excluding carboxylic acids is 1. The van der Waals surface area contributed by atoms with E-state index < -0.39 is 34.9 Å². The van der Waals surface area contributed by atoms with Crippen LogP contribution in [0.15, 0.2) is 18.2 Å². The van der Waals surface area contributed by atoms with Crippen molar-refractivity contribution in [1.29, 1.82) is 5.26 Å². The van der Waals surface area contributed by atoms with Crippen molar-refractivity contribution in [3.8, 4) is 46.3 Å². The maximum Gasteiger partial charge on any atom is 0.331 e. The summed E-state index contributed by atoms with van der Waals surface area (Å²) in [6.45, 7) is 4.17. The van der Waals surface area contributed by atoms with E-state index in [2.05, 4.69) is 34.3 Å². The summed E-state index contributed by atoms with van der Waals surface area (Å²) >= 11 is 1.53. The Hall–Kier alpha value is -4.55. The molecule has 0 radical (unpaired) electrons. The summed E-state index contributed by atoms with van der Waals surface area (Å²) in [5, 5.41) is 37.1. The number of likely N-dealkylation sites (N-methyl/N-ethyl adjacent to an activating group) is 1. The Morgan fingerprint density at radius 1 is 1.00 bits per heavy atom. The van der Waals surface area contributed by atoms with Gasteiger partial charge in [-0.1, -0.05) is 6.07 Å². The molecular formula is C39H42N4O9S. The topological polar surface area (TPSA) is 155 Å².